The van der Waals surface area contributed by atoms with E-state index >= 15 is 0 Å². The molecule has 2 amide bonds. The summed E-state index contributed by atoms with van der Waals surface area (Å²) in [4.78, 5) is 21.7. The van der Waals surface area contributed by atoms with Crippen LogP contribution in [0.2, 0.25) is 10.0 Å². The lowest BCUT2D eigenvalue weighted by molar-refractivity contribution is -0.137. The largest absolute Gasteiger partial charge is 0.481 e. The molecule has 0 aromatic heterocycles. The van der Waals surface area contributed by atoms with Gasteiger partial charge in [-0.2, -0.15) is 0 Å². The summed E-state index contributed by atoms with van der Waals surface area (Å²) >= 11 is 11.1. The first-order valence-electron chi connectivity index (χ1n) is 5.31. The minimum Gasteiger partial charge on any atom is -0.481 e. The van der Waals surface area contributed by atoms with Gasteiger partial charge in [-0.25, -0.2) is 9.18 Å². The van der Waals surface area contributed by atoms with Gasteiger partial charge in [0, 0.05) is 18.7 Å². The fourth-order valence-electron chi connectivity index (χ4n) is 1.24. The lowest BCUT2D eigenvalue weighted by atomic mass is 10.3. The number of carbonyl (C=O) groups is 2. The van der Waals surface area contributed by atoms with Crippen LogP contribution in [-0.4, -0.2) is 23.7 Å². The maximum absolute atomic E-state index is 13.1. The van der Waals surface area contributed by atoms with E-state index in [0.717, 1.165) is 0 Å². The van der Waals surface area contributed by atoms with E-state index in [1.165, 1.54) is 12.1 Å². The van der Waals surface area contributed by atoms with Crippen molar-refractivity contribution in [2.24, 2.45) is 0 Å². The number of hydrogen-bond acceptors (Lipinski definition) is 2. The van der Waals surface area contributed by atoms with Gasteiger partial charge in [0.1, 0.15) is 0 Å². The number of anilines is 1. The molecule has 0 fully saturated rings. The number of nitrogens with one attached hydrogen (secondary N) is 2. The minimum absolute atomic E-state index is 0.0332. The predicted molar refractivity (Wildman–Crippen MR) is 70.3 cm³/mol. The second-order valence-corrected chi connectivity index (χ2v) is 4.45. The summed E-state index contributed by atoms with van der Waals surface area (Å²) in [6.07, 6.45) is 0.280. The number of urea groups is 1. The molecule has 0 saturated heterocycles. The van der Waals surface area contributed by atoms with Crippen LogP contribution >= 0.6 is 23.2 Å². The number of amides is 2. The van der Waals surface area contributed by atoms with E-state index in [1.54, 1.807) is 0 Å². The van der Waals surface area contributed by atoms with Gasteiger partial charge in [0.25, 0.3) is 0 Å². The van der Waals surface area contributed by atoms with Crippen LogP contribution in [0.15, 0.2) is 12.1 Å². The third-order valence-corrected chi connectivity index (χ3v) is 2.64. The Kier molecular flexibility index (Phi) is 5.85. The minimum atomic E-state index is -0.931. The zero-order valence-corrected chi connectivity index (χ0v) is 11.2. The van der Waals surface area contributed by atoms with E-state index in [1.807, 2.05) is 0 Å². The molecule has 0 aliphatic carbocycles. The number of carboxylic acids is 1. The molecule has 3 N–H and O–H groups in total. The molecule has 1 rings (SSSR count). The van der Waals surface area contributed by atoms with Crippen LogP contribution in [0, 0.1) is 5.82 Å². The van der Waals surface area contributed by atoms with Crippen molar-refractivity contribution in [2.75, 3.05) is 11.9 Å². The first kappa shape index (κ1) is 15.5. The summed E-state index contributed by atoms with van der Waals surface area (Å²) in [7, 11) is 0. The van der Waals surface area contributed by atoms with Gasteiger partial charge in [0.15, 0.2) is 5.82 Å². The third kappa shape index (κ3) is 5.32. The van der Waals surface area contributed by atoms with Crippen molar-refractivity contribution >= 4 is 40.9 Å². The zero-order valence-electron chi connectivity index (χ0n) is 9.67. The second kappa shape index (κ2) is 7.16. The van der Waals surface area contributed by atoms with Crippen molar-refractivity contribution in [3.8, 4) is 0 Å². The molecule has 0 aliphatic heterocycles. The highest BCUT2D eigenvalue weighted by Gasteiger charge is 2.09. The first-order chi connectivity index (χ1) is 8.90. The Bertz CT molecular complexity index is 474. The lowest BCUT2D eigenvalue weighted by Gasteiger charge is -2.08. The fraction of sp³-hybridized carbons (Fsp3) is 0.273. The molecule has 0 atom stereocenters. The van der Waals surface area contributed by atoms with Gasteiger partial charge in [-0.05, 0) is 18.6 Å². The molecule has 104 valence electrons. The summed E-state index contributed by atoms with van der Waals surface area (Å²) in [6, 6.07) is 1.89. The van der Waals surface area contributed by atoms with Gasteiger partial charge < -0.3 is 15.7 Å². The Balaban J connectivity index is 2.46. The first-order valence-corrected chi connectivity index (χ1v) is 6.07. The molecular formula is C11H11Cl2FN2O3. The highest BCUT2D eigenvalue weighted by molar-refractivity contribution is 6.35. The number of aliphatic carboxylic acids is 1. The summed E-state index contributed by atoms with van der Waals surface area (Å²) in [5.74, 6) is -1.69. The lowest BCUT2D eigenvalue weighted by Crippen LogP contribution is -2.29. The average molecular weight is 309 g/mol. The van der Waals surface area contributed by atoms with E-state index in [9.17, 15) is 14.0 Å². The molecule has 0 aliphatic rings. The molecule has 1 aromatic carbocycles. The van der Waals surface area contributed by atoms with Gasteiger partial charge in [-0.1, -0.05) is 23.2 Å². The molecule has 19 heavy (non-hydrogen) atoms. The van der Waals surface area contributed by atoms with Crippen LogP contribution < -0.4 is 10.6 Å². The Morgan fingerprint density at radius 2 is 1.84 bits per heavy atom. The SMILES string of the molecule is O=C(O)CCCNC(=O)Nc1cc(Cl)c(F)c(Cl)c1. The van der Waals surface area contributed by atoms with E-state index in [-0.39, 0.29) is 28.7 Å². The number of benzene rings is 1. The van der Waals surface area contributed by atoms with Crippen molar-refractivity contribution in [1.29, 1.82) is 0 Å². The topological polar surface area (TPSA) is 78.4 Å². The Labute approximate surface area is 118 Å². The summed E-state index contributed by atoms with van der Waals surface area (Å²) < 4.78 is 13.1. The summed E-state index contributed by atoms with van der Waals surface area (Å²) in [5, 5.41) is 12.9. The molecule has 5 nitrogen and oxygen atoms in total. The Morgan fingerprint density at radius 3 is 2.37 bits per heavy atom. The number of rotatable bonds is 5. The smallest absolute Gasteiger partial charge is 0.319 e. The monoisotopic (exact) mass is 308 g/mol. The van der Waals surface area contributed by atoms with Crippen LogP contribution in [-0.2, 0) is 4.79 Å². The van der Waals surface area contributed by atoms with Crippen molar-refractivity contribution in [3.63, 3.8) is 0 Å². The van der Waals surface area contributed by atoms with Gasteiger partial charge in [0.05, 0.1) is 10.0 Å². The molecule has 0 unspecified atom stereocenters. The van der Waals surface area contributed by atoms with Gasteiger partial charge in [-0.15, -0.1) is 0 Å². The quantitative estimate of drug-likeness (QED) is 0.577. The van der Waals surface area contributed by atoms with E-state index in [0.29, 0.717) is 6.42 Å². The molecule has 0 spiro atoms. The van der Waals surface area contributed by atoms with Gasteiger partial charge >= 0.3 is 12.0 Å². The van der Waals surface area contributed by atoms with E-state index in [2.05, 4.69) is 10.6 Å². The predicted octanol–water partition coefficient (Wildman–Crippen LogP) is 3.12. The normalized spacial score (nSPS) is 10.1. The van der Waals surface area contributed by atoms with Gasteiger partial charge in [0.2, 0.25) is 0 Å². The highest BCUT2D eigenvalue weighted by atomic mass is 35.5. The maximum Gasteiger partial charge on any atom is 0.319 e. The Hall–Kier alpha value is -1.53. The van der Waals surface area contributed by atoms with Crippen LogP contribution in [0.5, 0.6) is 0 Å². The molecule has 8 heteroatoms. The number of hydrogen-bond donors (Lipinski definition) is 3. The Morgan fingerprint density at radius 1 is 1.26 bits per heavy atom. The average Bonchev–Trinajstić information content (AvgIpc) is 2.31. The van der Waals surface area contributed by atoms with Crippen molar-refractivity contribution in [2.45, 2.75) is 12.8 Å². The maximum atomic E-state index is 13.1. The van der Waals surface area contributed by atoms with Crippen molar-refractivity contribution in [1.82, 2.24) is 5.32 Å². The number of carboxylic acid groups (broad SMARTS) is 1. The summed E-state index contributed by atoms with van der Waals surface area (Å²) in [5.41, 5.74) is 0.243. The molecular weight excluding hydrogens is 298 g/mol. The number of halogens is 3. The zero-order chi connectivity index (χ0) is 14.4. The van der Waals surface area contributed by atoms with Crippen molar-refractivity contribution in [3.05, 3.63) is 28.0 Å². The van der Waals surface area contributed by atoms with E-state index in [4.69, 9.17) is 28.3 Å². The molecule has 0 bridgehead atoms. The second-order valence-electron chi connectivity index (χ2n) is 3.63. The molecule has 0 saturated carbocycles. The van der Waals surface area contributed by atoms with Crippen molar-refractivity contribution < 1.29 is 19.1 Å². The number of carbonyl (C=O) groups excluding carboxylic acids is 1. The molecule has 0 radical (unpaired) electrons. The van der Waals surface area contributed by atoms with Crippen LogP contribution in [0.1, 0.15) is 12.8 Å². The highest BCUT2D eigenvalue weighted by Crippen LogP contribution is 2.27. The third-order valence-electron chi connectivity index (χ3n) is 2.09. The molecule has 0 heterocycles. The fourth-order valence-corrected chi connectivity index (χ4v) is 1.73. The van der Waals surface area contributed by atoms with Crippen LogP contribution in [0.4, 0.5) is 14.9 Å². The standard InChI is InChI=1S/C11H11Cl2FN2O3/c12-7-4-6(5-8(13)10(7)14)16-11(19)15-3-1-2-9(17)18/h4-5H,1-3H2,(H,17,18)(H2,15,16,19). The molecule has 1 aromatic rings. The van der Waals surface area contributed by atoms with Crippen LogP contribution in [0.3, 0.4) is 0 Å². The van der Waals surface area contributed by atoms with Crippen LogP contribution in [0.25, 0.3) is 0 Å². The van der Waals surface area contributed by atoms with E-state index < -0.39 is 17.8 Å². The summed E-state index contributed by atoms with van der Waals surface area (Å²) in [6.45, 7) is 0.209. The van der Waals surface area contributed by atoms with Gasteiger partial charge in [-0.3, -0.25) is 4.79 Å².